The lowest BCUT2D eigenvalue weighted by atomic mass is 9.95. The van der Waals surface area contributed by atoms with Crippen LogP contribution in [0.4, 0.5) is 0 Å². The SMILES string of the molecule is O=C(Cn1cc(O)[nH]c1=O)NCC1CNCCOC1c1ccc(Cl)c(Cl)c1. The van der Waals surface area contributed by atoms with E-state index in [4.69, 9.17) is 27.9 Å². The Balaban J connectivity index is 1.66. The summed E-state index contributed by atoms with van der Waals surface area (Å²) in [4.78, 5) is 25.9. The Bertz CT molecular complexity index is 867. The van der Waals surface area contributed by atoms with Crippen LogP contribution in [0.3, 0.4) is 0 Å². The van der Waals surface area contributed by atoms with Gasteiger partial charge in [-0.25, -0.2) is 4.79 Å². The highest BCUT2D eigenvalue weighted by Crippen LogP contribution is 2.31. The topological polar surface area (TPSA) is 108 Å². The summed E-state index contributed by atoms with van der Waals surface area (Å²) in [6.45, 7) is 2.06. The highest BCUT2D eigenvalue weighted by molar-refractivity contribution is 6.42. The second-order valence-corrected chi connectivity index (χ2v) is 7.12. The number of hydrogen-bond donors (Lipinski definition) is 4. The first-order valence-corrected chi connectivity index (χ1v) is 9.22. The zero-order valence-electron chi connectivity index (χ0n) is 14.4. The summed E-state index contributed by atoms with van der Waals surface area (Å²) in [5.74, 6) is -0.660. The summed E-state index contributed by atoms with van der Waals surface area (Å²) in [6.07, 6.45) is 0.922. The molecule has 1 aromatic heterocycles. The third-order valence-electron chi connectivity index (χ3n) is 4.33. The van der Waals surface area contributed by atoms with Crippen LogP contribution in [-0.4, -0.2) is 46.8 Å². The monoisotopic (exact) mass is 414 g/mol. The van der Waals surface area contributed by atoms with Gasteiger partial charge in [-0.05, 0) is 17.7 Å². The van der Waals surface area contributed by atoms with Crippen molar-refractivity contribution in [2.45, 2.75) is 12.6 Å². The van der Waals surface area contributed by atoms with Crippen molar-refractivity contribution < 1.29 is 14.6 Å². The summed E-state index contributed by atoms with van der Waals surface area (Å²) in [6, 6.07) is 5.36. The summed E-state index contributed by atoms with van der Waals surface area (Å²) in [5.41, 5.74) is 0.343. The summed E-state index contributed by atoms with van der Waals surface area (Å²) in [5, 5.41) is 16.3. The fourth-order valence-corrected chi connectivity index (χ4v) is 3.32. The number of halogens is 2. The third kappa shape index (κ3) is 5.04. The Morgan fingerprint density at radius 3 is 2.89 bits per heavy atom. The van der Waals surface area contributed by atoms with Gasteiger partial charge in [0.15, 0.2) is 0 Å². The normalized spacial score (nSPS) is 20.2. The van der Waals surface area contributed by atoms with Crippen LogP contribution in [0.25, 0.3) is 0 Å². The standard InChI is InChI=1S/C17H20Cl2N4O4/c18-12-2-1-10(5-13(12)19)16-11(6-20-3-4-27-16)7-21-14(24)8-23-9-15(25)22-17(23)26/h1-2,5,9,11,16,20,25H,3-4,6-8H2,(H,21,24)(H,22,26). The molecule has 27 heavy (non-hydrogen) atoms. The number of carbonyl (C=O) groups is 1. The van der Waals surface area contributed by atoms with E-state index >= 15 is 0 Å². The number of hydrogen-bond acceptors (Lipinski definition) is 5. The number of aromatic amines is 1. The summed E-state index contributed by atoms with van der Waals surface area (Å²) < 4.78 is 7.06. The molecular weight excluding hydrogens is 395 g/mol. The molecular formula is C17H20Cl2N4O4. The molecule has 4 N–H and O–H groups in total. The van der Waals surface area contributed by atoms with Gasteiger partial charge in [0.1, 0.15) is 6.54 Å². The maximum Gasteiger partial charge on any atom is 0.328 e. The fourth-order valence-electron chi connectivity index (χ4n) is 3.02. The summed E-state index contributed by atoms with van der Waals surface area (Å²) >= 11 is 12.1. The van der Waals surface area contributed by atoms with Crippen LogP contribution in [0.2, 0.25) is 10.0 Å². The number of ether oxygens (including phenoxy) is 1. The van der Waals surface area contributed by atoms with E-state index in [0.717, 1.165) is 10.1 Å². The van der Waals surface area contributed by atoms with E-state index in [1.807, 2.05) is 6.07 Å². The molecule has 1 aliphatic rings. The molecule has 0 spiro atoms. The summed E-state index contributed by atoms with van der Waals surface area (Å²) in [7, 11) is 0. The lowest BCUT2D eigenvalue weighted by Gasteiger charge is -2.25. The molecule has 1 saturated heterocycles. The molecule has 1 aromatic carbocycles. The number of H-pyrrole nitrogens is 1. The maximum absolute atomic E-state index is 12.2. The molecule has 8 nitrogen and oxygen atoms in total. The number of carbonyl (C=O) groups excluding carboxylic acids is 1. The first kappa shape index (κ1) is 19.8. The van der Waals surface area contributed by atoms with Crippen LogP contribution < -0.4 is 16.3 Å². The van der Waals surface area contributed by atoms with Crippen molar-refractivity contribution in [1.29, 1.82) is 0 Å². The van der Waals surface area contributed by atoms with Crippen LogP contribution in [0.1, 0.15) is 11.7 Å². The number of amides is 1. The number of imidazole rings is 1. The van der Waals surface area contributed by atoms with E-state index in [2.05, 4.69) is 15.6 Å². The maximum atomic E-state index is 12.2. The van der Waals surface area contributed by atoms with Gasteiger partial charge >= 0.3 is 5.69 Å². The Hall–Kier alpha value is -2.00. The van der Waals surface area contributed by atoms with Gasteiger partial charge < -0.3 is 20.5 Å². The lowest BCUT2D eigenvalue weighted by Crippen LogP contribution is -2.38. The van der Waals surface area contributed by atoms with Crippen molar-refractivity contribution in [3.8, 4) is 5.88 Å². The van der Waals surface area contributed by atoms with E-state index < -0.39 is 5.69 Å². The second kappa shape index (κ2) is 8.79. The van der Waals surface area contributed by atoms with Crippen LogP contribution in [0, 0.1) is 5.92 Å². The van der Waals surface area contributed by atoms with Crippen molar-refractivity contribution in [1.82, 2.24) is 20.2 Å². The number of aromatic nitrogens is 2. The first-order valence-electron chi connectivity index (χ1n) is 8.46. The van der Waals surface area contributed by atoms with Gasteiger partial charge in [-0.15, -0.1) is 0 Å². The number of aromatic hydroxyl groups is 1. The molecule has 1 fully saturated rings. The van der Waals surface area contributed by atoms with Gasteiger partial charge in [-0.1, -0.05) is 29.3 Å². The third-order valence-corrected chi connectivity index (χ3v) is 5.07. The molecule has 146 valence electrons. The van der Waals surface area contributed by atoms with Gasteiger partial charge in [0, 0.05) is 25.6 Å². The molecule has 10 heteroatoms. The largest absolute Gasteiger partial charge is 0.493 e. The van der Waals surface area contributed by atoms with Crippen LogP contribution in [-0.2, 0) is 16.1 Å². The van der Waals surface area contributed by atoms with E-state index in [1.165, 1.54) is 6.20 Å². The van der Waals surface area contributed by atoms with Gasteiger partial charge in [-0.3, -0.25) is 14.3 Å². The molecule has 0 aliphatic carbocycles. The molecule has 1 amide bonds. The number of nitrogens with zero attached hydrogens (tertiary/aromatic N) is 1. The van der Waals surface area contributed by atoms with Gasteiger partial charge in [0.25, 0.3) is 0 Å². The molecule has 0 bridgehead atoms. The zero-order valence-corrected chi connectivity index (χ0v) is 15.9. The molecule has 2 atom stereocenters. The average Bonchev–Trinajstić information content (AvgIpc) is 2.82. The molecule has 0 saturated carbocycles. The van der Waals surface area contributed by atoms with Crippen molar-refractivity contribution in [2.75, 3.05) is 26.2 Å². The fraction of sp³-hybridized carbons (Fsp3) is 0.412. The van der Waals surface area contributed by atoms with E-state index in [1.54, 1.807) is 12.1 Å². The number of rotatable bonds is 5. The van der Waals surface area contributed by atoms with Crippen molar-refractivity contribution in [3.63, 3.8) is 0 Å². The van der Waals surface area contributed by atoms with E-state index in [9.17, 15) is 14.7 Å². The minimum atomic E-state index is -0.546. The zero-order chi connectivity index (χ0) is 19.4. The van der Waals surface area contributed by atoms with Crippen molar-refractivity contribution >= 4 is 29.1 Å². The Kier molecular flexibility index (Phi) is 6.43. The highest BCUT2D eigenvalue weighted by atomic mass is 35.5. The van der Waals surface area contributed by atoms with E-state index in [0.29, 0.717) is 36.3 Å². The Morgan fingerprint density at radius 1 is 1.37 bits per heavy atom. The van der Waals surface area contributed by atoms with Crippen molar-refractivity contribution in [2.24, 2.45) is 5.92 Å². The Labute approximate surface area is 165 Å². The van der Waals surface area contributed by atoms with Gasteiger partial charge in [0.2, 0.25) is 11.8 Å². The molecule has 2 heterocycles. The second-order valence-electron chi connectivity index (χ2n) is 6.31. The molecule has 2 aromatic rings. The van der Waals surface area contributed by atoms with Crippen LogP contribution >= 0.6 is 23.2 Å². The molecule has 1 aliphatic heterocycles. The lowest BCUT2D eigenvalue weighted by molar-refractivity contribution is -0.122. The van der Waals surface area contributed by atoms with Crippen molar-refractivity contribution in [3.05, 3.63) is 50.5 Å². The smallest absolute Gasteiger partial charge is 0.328 e. The average molecular weight is 415 g/mol. The minimum absolute atomic E-state index is 0.0370. The first-order chi connectivity index (χ1) is 12.9. The molecule has 3 rings (SSSR count). The van der Waals surface area contributed by atoms with Crippen LogP contribution in [0.15, 0.2) is 29.2 Å². The minimum Gasteiger partial charge on any atom is -0.493 e. The predicted molar refractivity (Wildman–Crippen MR) is 101 cm³/mol. The quantitative estimate of drug-likeness (QED) is 0.589. The van der Waals surface area contributed by atoms with Gasteiger partial charge in [-0.2, -0.15) is 0 Å². The van der Waals surface area contributed by atoms with E-state index in [-0.39, 0.29) is 30.4 Å². The molecule has 2 unspecified atom stereocenters. The number of benzene rings is 1. The molecule has 0 radical (unpaired) electrons. The van der Waals surface area contributed by atoms with Crippen LogP contribution in [0.5, 0.6) is 5.88 Å². The number of nitrogens with one attached hydrogen (secondary N) is 3. The predicted octanol–water partition coefficient (Wildman–Crippen LogP) is 1.28. The van der Waals surface area contributed by atoms with Gasteiger partial charge in [0.05, 0.1) is 29.0 Å². The highest BCUT2D eigenvalue weighted by Gasteiger charge is 2.27. The Morgan fingerprint density at radius 2 is 2.19 bits per heavy atom.